The first-order valence-corrected chi connectivity index (χ1v) is 12.2. The minimum absolute atomic E-state index is 0.0266. The Balaban J connectivity index is -0.00000115. The fraction of sp³-hybridized carbons (Fsp3) is 0.452. The predicted molar refractivity (Wildman–Crippen MR) is 151 cm³/mol. The van der Waals surface area contributed by atoms with Gasteiger partial charge in [0.2, 0.25) is 0 Å². The summed E-state index contributed by atoms with van der Waals surface area (Å²) >= 11 is 0. The molecule has 184 valence electrons. The van der Waals surface area contributed by atoms with Crippen molar-refractivity contribution < 1.29 is 0 Å². The van der Waals surface area contributed by atoms with E-state index in [2.05, 4.69) is 46.9 Å². The van der Waals surface area contributed by atoms with Crippen LogP contribution in [0.5, 0.6) is 0 Å². The molecule has 1 atom stereocenters. The van der Waals surface area contributed by atoms with Crippen LogP contribution in [0.2, 0.25) is 0 Å². The number of hydrogen-bond acceptors (Lipinski definition) is 2. The van der Waals surface area contributed by atoms with Gasteiger partial charge in [0, 0.05) is 11.6 Å². The van der Waals surface area contributed by atoms with Gasteiger partial charge in [-0.15, -0.1) is 0 Å². The molecule has 0 spiro atoms. The van der Waals surface area contributed by atoms with Crippen LogP contribution in [0.25, 0.3) is 0 Å². The second kappa shape index (κ2) is 19.9. The fourth-order valence-electron chi connectivity index (χ4n) is 3.23. The van der Waals surface area contributed by atoms with Crippen molar-refractivity contribution in [1.82, 2.24) is 0 Å². The molecule has 0 aliphatic heterocycles. The van der Waals surface area contributed by atoms with E-state index in [1.807, 2.05) is 85.7 Å². The largest absolute Gasteiger partial charge is 0.399 e. The van der Waals surface area contributed by atoms with Crippen LogP contribution in [-0.2, 0) is 0 Å². The van der Waals surface area contributed by atoms with Crippen molar-refractivity contribution in [2.75, 3.05) is 0 Å². The molecule has 0 aromatic heterocycles. The molecule has 2 heteroatoms. The zero-order valence-corrected chi connectivity index (χ0v) is 23.6. The third-order valence-corrected chi connectivity index (χ3v) is 4.46. The van der Waals surface area contributed by atoms with Crippen LogP contribution in [0, 0.1) is 18.3 Å². The summed E-state index contributed by atoms with van der Waals surface area (Å²) < 4.78 is 0. The summed E-state index contributed by atoms with van der Waals surface area (Å²) in [5.41, 5.74) is 15.1. The number of hydrogen-bond donors (Lipinski definition) is 1. The zero-order valence-electron chi connectivity index (χ0n) is 23.6. The molecule has 0 amide bonds. The first-order valence-electron chi connectivity index (χ1n) is 12.2. The minimum atomic E-state index is -0.0266. The van der Waals surface area contributed by atoms with E-state index in [1.165, 1.54) is 17.6 Å². The molecule has 2 nitrogen and oxygen atoms in total. The molecule has 1 aromatic carbocycles. The van der Waals surface area contributed by atoms with Crippen LogP contribution >= 0.6 is 0 Å². The van der Waals surface area contributed by atoms with Gasteiger partial charge >= 0.3 is 0 Å². The van der Waals surface area contributed by atoms with Gasteiger partial charge in [-0.1, -0.05) is 90.0 Å². The van der Waals surface area contributed by atoms with Crippen LogP contribution < -0.4 is 5.73 Å². The number of nitrogens with zero attached hydrogens (tertiary/aromatic N) is 1. The van der Waals surface area contributed by atoms with E-state index in [9.17, 15) is 5.26 Å². The van der Waals surface area contributed by atoms with E-state index in [0.717, 1.165) is 27.8 Å². The molecule has 0 aliphatic carbocycles. The minimum Gasteiger partial charge on any atom is -0.399 e. The first kappa shape index (κ1) is 34.8. The van der Waals surface area contributed by atoms with Crippen LogP contribution in [-0.4, -0.2) is 0 Å². The molecule has 0 fully saturated rings. The summed E-state index contributed by atoms with van der Waals surface area (Å²) in [7, 11) is 0. The molecule has 1 aromatic rings. The number of nitrogens with two attached hydrogens (primary N) is 1. The summed E-state index contributed by atoms with van der Waals surface area (Å²) in [5.74, 6) is -0.0266. The first-order chi connectivity index (χ1) is 15.5. The Morgan fingerprint density at radius 1 is 1.03 bits per heavy atom. The number of aryl methyl sites for hydroxylation is 1. The molecule has 0 bridgehead atoms. The van der Waals surface area contributed by atoms with Crippen molar-refractivity contribution in [2.45, 2.75) is 95.4 Å². The monoisotopic (exact) mass is 450 g/mol. The van der Waals surface area contributed by atoms with Crippen LogP contribution in [0.1, 0.15) is 105 Å². The van der Waals surface area contributed by atoms with E-state index in [-0.39, 0.29) is 5.92 Å². The Kier molecular flexibility index (Phi) is 21.0. The Morgan fingerprint density at radius 2 is 1.52 bits per heavy atom. The molecule has 33 heavy (non-hydrogen) atoms. The van der Waals surface area contributed by atoms with Crippen molar-refractivity contribution in [1.29, 1.82) is 5.26 Å². The molecule has 0 saturated carbocycles. The van der Waals surface area contributed by atoms with Gasteiger partial charge in [0.15, 0.2) is 0 Å². The van der Waals surface area contributed by atoms with Crippen LogP contribution in [0.4, 0.5) is 0 Å². The Hall–Kier alpha value is -2.79. The molecule has 1 unspecified atom stereocenters. The smallest absolute Gasteiger partial charge is 0.0991 e. The lowest BCUT2D eigenvalue weighted by atomic mass is 9.76. The summed E-state index contributed by atoms with van der Waals surface area (Å²) in [6, 6.07) is 8.04. The van der Waals surface area contributed by atoms with Crippen molar-refractivity contribution in [3.63, 3.8) is 0 Å². The topological polar surface area (TPSA) is 49.8 Å². The van der Waals surface area contributed by atoms with Gasteiger partial charge in [0.1, 0.15) is 0 Å². The number of allylic oxidation sites excluding steroid dienone is 7. The maximum atomic E-state index is 9.20. The Labute approximate surface area is 206 Å². The molecular weight excluding hydrogens is 400 g/mol. The van der Waals surface area contributed by atoms with Gasteiger partial charge in [0.05, 0.1) is 11.6 Å². The lowest BCUT2D eigenvalue weighted by Gasteiger charge is -2.28. The maximum Gasteiger partial charge on any atom is 0.0991 e. The Bertz CT molecular complexity index is 867. The molecule has 2 N–H and O–H groups in total. The van der Waals surface area contributed by atoms with Crippen molar-refractivity contribution in [3.05, 3.63) is 93.8 Å². The van der Waals surface area contributed by atoms with Gasteiger partial charge in [-0.2, -0.15) is 5.26 Å². The van der Waals surface area contributed by atoms with Crippen molar-refractivity contribution in [3.8, 4) is 6.07 Å². The van der Waals surface area contributed by atoms with E-state index >= 15 is 0 Å². The van der Waals surface area contributed by atoms with Gasteiger partial charge in [-0.3, -0.25) is 0 Å². The van der Waals surface area contributed by atoms with Crippen molar-refractivity contribution >= 4 is 0 Å². The zero-order chi connectivity index (χ0) is 26.7. The second-order valence-corrected chi connectivity index (χ2v) is 7.69. The molecule has 0 aliphatic rings. The summed E-state index contributed by atoms with van der Waals surface area (Å²) in [4.78, 5) is 0. The lowest BCUT2D eigenvalue weighted by Crippen LogP contribution is -2.12. The van der Waals surface area contributed by atoms with E-state index in [4.69, 9.17) is 5.73 Å². The van der Waals surface area contributed by atoms with E-state index in [1.54, 1.807) is 0 Å². The van der Waals surface area contributed by atoms with Crippen LogP contribution in [0.3, 0.4) is 0 Å². The van der Waals surface area contributed by atoms with Gasteiger partial charge in [-0.25, -0.2) is 0 Å². The molecule has 0 heterocycles. The highest BCUT2D eigenvalue weighted by Gasteiger charge is 2.25. The van der Waals surface area contributed by atoms with Crippen LogP contribution in [0.15, 0.2) is 77.1 Å². The molecule has 0 saturated heterocycles. The summed E-state index contributed by atoms with van der Waals surface area (Å²) in [6.07, 6.45) is 5.13. The third kappa shape index (κ3) is 12.1. The number of rotatable bonds is 6. The average Bonchev–Trinajstić information content (AvgIpc) is 2.78. The number of benzene rings is 1. The van der Waals surface area contributed by atoms with Gasteiger partial charge in [0.25, 0.3) is 0 Å². The SMILES string of the molecule is C=C(C)C(=C(C)C)C(/C(=C/C(N)=C\C)C(=C)C)c1ccc(C#N)cc1C.CC.CC.CCC. The highest BCUT2D eigenvalue weighted by atomic mass is 14.6. The maximum absolute atomic E-state index is 9.20. The quantitative estimate of drug-likeness (QED) is 0.438. The second-order valence-electron chi connectivity index (χ2n) is 7.69. The third-order valence-electron chi connectivity index (χ3n) is 4.46. The van der Waals surface area contributed by atoms with E-state index in [0.29, 0.717) is 11.3 Å². The number of nitriles is 1. The predicted octanol–water partition coefficient (Wildman–Crippen LogP) is 9.70. The van der Waals surface area contributed by atoms with Gasteiger partial charge < -0.3 is 5.73 Å². The Morgan fingerprint density at radius 3 is 1.82 bits per heavy atom. The summed E-state index contributed by atoms with van der Waals surface area (Å²) in [6.45, 7) is 32.9. The highest BCUT2D eigenvalue weighted by Crippen LogP contribution is 2.41. The molecule has 1 rings (SSSR count). The highest BCUT2D eigenvalue weighted by molar-refractivity contribution is 5.56. The summed E-state index contributed by atoms with van der Waals surface area (Å²) in [5, 5.41) is 9.20. The average molecular weight is 451 g/mol. The lowest BCUT2D eigenvalue weighted by molar-refractivity contribution is 0.903. The van der Waals surface area contributed by atoms with Gasteiger partial charge in [-0.05, 0) is 82.0 Å². The van der Waals surface area contributed by atoms with Crippen molar-refractivity contribution in [2.24, 2.45) is 5.73 Å². The van der Waals surface area contributed by atoms with E-state index < -0.39 is 0 Å². The normalized spacial score (nSPS) is 11.1. The fourth-order valence-corrected chi connectivity index (χ4v) is 3.23. The standard InChI is InChI=1S/C24H30N2.C3H8.2C2H6/c1-9-20(26)13-22(15(2)3)24(23(16(4)5)17(6)7)21-11-10-19(14-25)12-18(21)8;1-3-2;2*1-2/h9-13,24H,2,4,26H2,1,3,5-8H3;3H2,1-2H3;2*1-2H3/b20-9+,22-13+;;;. The molecule has 0 radical (unpaired) electrons. The molecular formula is C31H50N2.